The normalized spacial score (nSPS) is 9.90. The van der Waals surface area contributed by atoms with Crippen molar-refractivity contribution in [1.29, 1.82) is 15.8 Å². The van der Waals surface area contributed by atoms with E-state index in [1.54, 1.807) is 0 Å². The molecule has 108 valence electrons. The number of nitriles is 3. The van der Waals surface area contributed by atoms with Gasteiger partial charge in [-0.2, -0.15) is 15.8 Å². The van der Waals surface area contributed by atoms with Gasteiger partial charge >= 0.3 is 0 Å². The van der Waals surface area contributed by atoms with Crippen LogP contribution in [-0.4, -0.2) is 12.1 Å². The van der Waals surface area contributed by atoms with E-state index in [-0.39, 0.29) is 33.8 Å². The van der Waals surface area contributed by atoms with Crippen molar-refractivity contribution in [2.24, 2.45) is 0 Å². The summed E-state index contributed by atoms with van der Waals surface area (Å²) in [6.07, 6.45) is 0. The number of rotatable bonds is 4. The van der Waals surface area contributed by atoms with Crippen molar-refractivity contribution in [1.82, 2.24) is 0 Å². The molecule has 21 heavy (non-hydrogen) atoms. The van der Waals surface area contributed by atoms with Crippen LogP contribution in [0.15, 0.2) is 0 Å². The van der Waals surface area contributed by atoms with Crippen LogP contribution in [0.4, 0.5) is 11.4 Å². The lowest BCUT2D eigenvalue weighted by Gasteiger charge is -2.20. The summed E-state index contributed by atoms with van der Waals surface area (Å²) in [5.41, 5.74) is 1.19. The topological polar surface area (TPSA) is 95.4 Å². The SMILES string of the molecule is CC(C)Nc1c(C#N)c(Cl)c(C#N)c(NC(C)C)c1C#N. The molecule has 0 saturated carbocycles. The van der Waals surface area contributed by atoms with Crippen LogP contribution in [0.2, 0.25) is 5.02 Å². The predicted molar refractivity (Wildman–Crippen MR) is 83.1 cm³/mol. The summed E-state index contributed by atoms with van der Waals surface area (Å²) in [5, 5.41) is 34.3. The summed E-state index contributed by atoms with van der Waals surface area (Å²) in [4.78, 5) is 0. The summed E-state index contributed by atoms with van der Waals surface area (Å²) in [7, 11) is 0. The lowest BCUT2D eigenvalue weighted by molar-refractivity contribution is 0.890. The Hall–Kier alpha value is -2.42. The smallest absolute Gasteiger partial charge is 0.104 e. The predicted octanol–water partition coefficient (Wildman–Crippen LogP) is 3.60. The zero-order valence-electron chi connectivity index (χ0n) is 12.4. The Morgan fingerprint density at radius 1 is 0.762 bits per heavy atom. The molecule has 0 unspecified atom stereocenters. The van der Waals surface area contributed by atoms with Crippen LogP contribution in [0, 0.1) is 34.0 Å². The Morgan fingerprint density at radius 2 is 1.10 bits per heavy atom. The number of hydrogen-bond donors (Lipinski definition) is 2. The summed E-state index contributed by atoms with van der Waals surface area (Å²) >= 11 is 6.18. The Labute approximate surface area is 129 Å². The highest BCUT2D eigenvalue weighted by Crippen LogP contribution is 2.38. The van der Waals surface area contributed by atoms with Gasteiger partial charge in [-0.05, 0) is 27.7 Å². The molecule has 0 heterocycles. The van der Waals surface area contributed by atoms with Gasteiger partial charge in [0.25, 0.3) is 0 Å². The maximum atomic E-state index is 9.46. The van der Waals surface area contributed by atoms with Gasteiger partial charge in [-0.15, -0.1) is 0 Å². The van der Waals surface area contributed by atoms with Crippen molar-refractivity contribution >= 4 is 23.0 Å². The minimum atomic E-state index is 0.0140. The second-order valence-corrected chi connectivity index (χ2v) is 5.50. The number of halogens is 1. The highest BCUT2D eigenvalue weighted by atomic mass is 35.5. The molecule has 0 amide bonds. The maximum absolute atomic E-state index is 9.46. The van der Waals surface area contributed by atoms with Gasteiger partial charge in [-0.25, -0.2) is 0 Å². The number of nitrogens with one attached hydrogen (secondary N) is 2. The van der Waals surface area contributed by atoms with Crippen molar-refractivity contribution in [3.8, 4) is 18.2 Å². The van der Waals surface area contributed by atoms with Crippen molar-refractivity contribution in [3.05, 3.63) is 21.7 Å². The highest BCUT2D eigenvalue weighted by Gasteiger charge is 2.24. The molecule has 0 aromatic heterocycles. The Bertz CT molecular complexity index is 622. The lowest BCUT2D eigenvalue weighted by Crippen LogP contribution is -2.17. The largest absolute Gasteiger partial charge is 0.381 e. The first kappa shape index (κ1) is 16.6. The van der Waals surface area contributed by atoms with Crippen LogP contribution in [0.5, 0.6) is 0 Å². The number of hydrogen-bond acceptors (Lipinski definition) is 5. The minimum Gasteiger partial charge on any atom is -0.381 e. The van der Waals surface area contributed by atoms with Crippen LogP contribution < -0.4 is 10.6 Å². The number of anilines is 2. The van der Waals surface area contributed by atoms with E-state index < -0.39 is 0 Å². The molecule has 6 heteroatoms. The zero-order chi connectivity index (χ0) is 16.2. The number of nitrogens with zero attached hydrogens (tertiary/aromatic N) is 3. The highest BCUT2D eigenvalue weighted by molar-refractivity contribution is 6.34. The summed E-state index contributed by atoms with van der Waals surface area (Å²) < 4.78 is 0. The van der Waals surface area contributed by atoms with E-state index in [1.807, 2.05) is 39.8 Å². The van der Waals surface area contributed by atoms with E-state index in [4.69, 9.17) is 11.6 Å². The van der Waals surface area contributed by atoms with Gasteiger partial charge in [0.2, 0.25) is 0 Å². The van der Waals surface area contributed by atoms with Crippen molar-refractivity contribution in [2.45, 2.75) is 39.8 Å². The summed E-state index contributed by atoms with van der Waals surface area (Å²) in [5.74, 6) is 0. The first-order valence-electron chi connectivity index (χ1n) is 6.50. The molecule has 1 rings (SSSR count). The van der Waals surface area contributed by atoms with Crippen LogP contribution in [0.25, 0.3) is 0 Å². The summed E-state index contributed by atoms with van der Waals surface area (Å²) in [6.45, 7) is 7.57. The third kappa shape index (κ3) is 3.37. The van der Waals surface area contributed by atoms with Crippen LogP contribution >= 0.6 is 11.6 Å². The molecule has 5 nitrogen and oxygen atoms in total. The van der Waals surface area contributed by atoms with Gasteiger partial charge in [0, 0.05) is 12.1 Å². The van der Waals surface area contributed by atoms with Crippen LogP contribution in [0.3, 0.4) is 0 Å². The fourth-order valence-corrected chi connectivity index (χ4v) is 2.18. The van der Waals surface area contributed by atoms with Crippen molar-refractivity contribution in [2.75, 3.05) is 10.6 Å². The van der Waals surface area contributed by atoms with E-state index in [1.165, 1.54) is 0 Å². The molecule has 0 radical (unpaired) electrons. The molecule has 0 spiro atoms. The van der Waals surface area contributed by atoms with E-state index in [0.29, 0.717) is 11.4 Å². The molecule has 0 atom stereocenters. The quantitative estimate of drug-likeness (QED) is 0.886. The van der Waals surface area contributed by atoms with Gasteiger partial charge in [-0.3, -0.25) is 0 Å². The molecule has 0 fully saturated rings. The van der Waals surface area contributed by atoms with Gasteiger partial charge in [0.15, 0.2) is 0 Å². The molecule has 1 aromatic rings. The Morgan fingerprint density at radius 3 is 1.33 bits per heavy atom. The standard InChI is InChI=1S/C15H16ClN5/c1-8(2)20-14-10(5-17)13(16)11(6-18)15(12(14)7-19)21-9(3)4/h8-9,20-21H,1-4H3. The fourth-order valence-electron chi connectivity index (χ4n) is 1.91. The zero-order valence-corrected chi connectivity index (χ0v) is 13.1. The van der Waals surface area contributed by atoms with E-state index in [9.17, 15) is 15.8 Å². The second kappa shape index (κ2) is 6.84. The molecule has 2 N–H and O–H groups in total. The molecule has 0 aliphatic carbocycles. The second-order valence-electron chi connectivity index (χ2n) is 5.12. The minimum absolute atomic E-state index is 0.0140. The van der Waals surface area contributed by atoms with Crippen LogP contribution in [0.1, 0.15) is 44.4 Å². The molecule has 0 aliphatic heterocycles. The fraction of sp³-hybridized carbons (Fsp3) is 0.400. The van der Waals surface area contributed by atoms with E-state index in [0.717, 1.165) is 0 Å². The van der Waals surface area contributed by atoms with Crippen molar-refractivity contribution in [3.63, 3.8) is 0 Å². The van der Waals surface area contributed by atoms with Gasteiger partial charge in [0.1, 0.15) is 23.8 Å². The average molecular weight is 302 g/mol. The van der Waals surface area contributed by atoms with E-state index >= 15 is 0 Å². The molecular weight excluding hydrogens is 286 g/mol. The Balaban J connectivity index is 3.80. The monoisotopic (exact) mass is 301 g/mol. The van der Waals surface area contributed by atoms with Gasteiger partial charge in [0.05, 0.1) is 27.5 Å². The molecule has 0 saturated heterocycles. The molecular formula is C15H16ClN5. The molecule has 0 aliphatic rings. The summed E-state index contributed by atoms with van der Waals surface area (Å²) in [6, 6.07) is 6.04. The van der Waals surface area contributed by atoms with Crippen molar-refractivity contribution < 1.29 is 0 Å². The first-order valence-corrected chi connectivity index (χ1v) is 6.87. The van der Waals surface area contributed by atoms with E-state index in [2.05, 4.69) is 16.7 Å². The van der Waals surface area contributed by atoms with Crippen LogP contribution in [-0.2, 0) is 0 Å². The first-order chi connectivity index (χ1) is 9.87. The maximum Gasteiger partial charge on any atom is 0.104 e. The lowest BCUT2D eigenvalue weighted by atomic mass is 9.99. The third-order valence-corrected chi connectivity index (χ3v) is 3.02. The Kier molecular flexibility index (Phi) is 5.42. The average Bonchev–Trinajstić information content (AvgIpc) is 2.38. The molecule has 1 aromatic carbocycles. The third-order valence-electron chi connectivity index (χ3n) is 2.64. The van der Waals surface area contributed by atoms with Gasteiger partial charge < -0.3 is 10.6 Å². The molecule has 0 bridgehead atoms. The van der Waals surface area contributed by atoms with Gasteiger partial charge in [-0.1, -0.05) is 11.6 Å². The number of benzene rings is 1.